The van der Waals surface area contributed by atoms with Gasteiger partial charge in [-0.1, -0.05) is 54.1 Å². The van der Waals surface area contributed by atoms with Gasteiger partial charge in [-0.3, -0.25) is 14.4 Å². The highest BCUT2D eigenvalue weighted by Crippen LogP contribution is 2.53. The maximum Gasteiger partial charge on any atom is 0.238 e. The number of hydrogen-bond donors (Lipinski definition) is 0. The molecule has 1 aliphatic heterocycles. The van der Waals surface area contributed by atoms with Gasteiger partial charge in [0.15, 0.2) is 12.4 Å². The Morgan fingerprint density at radius 3 is 2.24 bits per heavy atom. The summed E-state index contributed by atoms with van der Waals surface area (Å²) in [6, 6.07) is 14.2. The van der Waals surface area contributed by atoms with Gasteiger partial charge in [0.05, 0.1) is 17.5 Å². The number of ketones is 1. The van der Waals surface area contributed by atoms with Crippen LogP contribution in [0.2, 0.25) is 0 Å². The number of para-hydroxylation sites is 2. The Morgan fingerprint density at radius 2 is 1.59 bits per heavy atom. The lowest BCUT2D eigenvalue weighted by molar-refractivity contribution is -0.123. The summed E-state index contributed by atoms with van der Waals surface area (Å²) in [7, 11) is 0. The summed E-state index contributed by atoms with van der Waals surface area (Å²) in [5.41, 5.74) is 2.07. The fourth-order valence-electron chi connectivity index (χ4n) is 4.87. The van der Waals surface area contributed by atoms with E-state index in [-0.39, 0.29) is 47.9 Å². The Morgan fingerprint density at radius 1 is 0.966 bits per heavy atom. The zero-order chi connectivity index (χ0) is 20.1. The van der Waals surface area contributed by atoms with E-state index in [9.17, 15) is 14.4 Å². The van der Waals surface area contributed by atoms with E-state index in [0.29, 0.717) is 17.0 Å². The normalized spacial score (nSPS) is 26.9. The summed E-state index contributed by atoms with van der Waals surface area (Å²) in [5.74, 6) is -0.312. The summed E-state index contributed by atoms with van der Waals surface area (Å²) in [4.78, 5) is 39.9. The molecule has 3 aliphatic rings. The standard InChI is InChI=1S/C24H21NO4/c1-14-6-8-15(9-7-14)19(26)13-29-20-5-3-2-4-18(20)25-23(27)21-16-10-11-17(12-16)22(21)24(25)28/h2-11,16-17,21-22H,12-13H2,1H3/t16-,17-,21-,22+/m0/s1. The number of aryl methyl sites for hydroxylation is 1. The van der Waals surface area contributed by atoms with Crippen molar-refractivity contribution in [1.82, 2.24) is 0 Å². The van der Waals surface area contributed by atoms with Crippen molar-refractivity contribution in [1.29, 1.82) is 0 Å². The zero-order valence-corrected chi connectivity index (χ0v) is 16.1. The summed E-state index contributed by atoms with van der Waals surface area (Å²) in [6.45, 7) is 1.80. The molecule has 1 saturated heterocycles. The second-order valence-corrected chi connectivity index (χ2v) is 8.06. The average Bonchev–Trinajstić information content (AvgIpc) is 3.41. The SMILES string of the molecule is Cc1ccc(C(=O)COc2ccccc2N2C(=O)[C@@H]3[C@H](C2=O)[C@H]2C=C[C@H]3C2)cc1. The number of Topliss-reactive ketones (excluding diaryl/α,β-unsaturated/α-hetero) is 1. The van der Waals surface area contributed by atoms with Crippen LogP contribution in [0.5, 0.6) is 5.75 Å². The van der Waals surface area contributed by atoms with Gasteiger partial charge in [0.2, 0.25) is 11.8 Å². The van der Waals surface area contributed by atoms with Crippen LogP contribution in [-0.2, 0) is 9.59 Å². The maximum atomic E-state index is 13.1. The molecule has 0 spiro atoms. The Labute approximate surface area is 169 Å². The molecular weight excluding hydrogens is 366 g/mol. The van der Waals surface area contributed by atoms with Crippen LogP contribution >= 0.6 is 0 Å². The fraction of sp³-hybridized carbons (Fsp3) is 0.292. The van der Waals surface area contributed by atoms with E-state index in [2.05, 4.69) is 12.2 Å². The topological polar surface area (TPSA) is 63.7 Å². The molecule has 2 fully saturated rings. The highest BCUT2D eigenvalue weighted by atomic mass is 16.5. The molecule has 1 heterocycles. The molecule has 2 aromatic rings. The molecule has 2 bridgehead atoms. The van der Waals surface area contributed by atoms with Gasteiger partial charge in [-0.15, -0.1) is 0 Å². The quantitative estimate of drug-likeness (QED) is 0.447. The smallest absolute Gasteiger partial charge is 0.238 e. The van der Waals surface area contributed by atoms with Crippen molar-refractivity contribution in [2.45, 2.75) is 13.3 Å². The van der Waals surface area contributed by atoms with Crippen molar-refractivity contribution < 1.29 is 19.1 Å². The van der Waals surface area contributed by atoms with Gasteiger partial charge in [0.1, 0.15) is 5.75 Å². The van der Waals surface area contributed by atoms with Gasteiger partial charge in [0.25, 0.3) is 0 Å². The number of imide groups is 1. The molecule has 5 rings (SSSR count). The van der Waals surface area contributed by atoms with Crippen molar-refractivity contribution in [3.05, 3.63) is 71.8 Å². The molecule has 0 N–H and O–H groups in total. The minimum Gasteiger partial charge on any atom is -0.483 e. The number of carbonyl (C=O) groups is 3. The number of benzene rings is 2. The summed E-state index contributed by atoms with van der Waals surface area (Å²) >= 11 is 0. The van der Waals surface area contributed by atoms with E-state index < -0.39 is 0 Å². The number of allylic oxidation sites excluding steroid dienone is 2. The first-order chi connectivity index (χ1) is 14.0. The Bertz CT molecular complexity index is 1010. The van der Waals surface area contributed by atoms with Crippen LogP contribution < -0.4 is 9.64 Å². The van der Waals surface area contributed by atoms with Crippen LogP contribution in [0.3, 0.4) is 0 Å². The summed E-state index contributed by atoms with van der Waals surface area (Å²) in [6.07, 6.45) is 5.04. The monoisotopic (exact) mass is 387 g/mol. The van der Waals surface area contributed by atoms with E-state index in [0.717, 1.165) is 12.0 Å². The molecule has 2 aliphatic carbocycles. The first-order valence-corrected chi connectivity index (χ1v) is 9.92. The molecule has 29 heavy (non-hydrogen) atoms. The van der Waals surface area contributed by atoms with Crippen LogP contribution in [0.4, 0.5) is 5.69 Å². The number of carbonyl (C=O) groups excluding carboxylic acids is 3. The van der Waals surface area contributed by atoms with Gasteiger partial charge >= 0.3 is 0 Å². The Kier molecular flexibility index (Phi) is 4.12. The predicted octanol–water partition coefficient (Wildman–Crippen LogP) is 3.57. The van der Waals surface area contributed by atoms with Crippen LogP contribution in [0.1, 0.15) is 22.3 Å². The number of amides is 2. The van der Waals surface area contributed by atoms with Crippen LogP contribution in [0, 0.1) is 30.6 Å². The van der Waals surface area contributed by atoms with E-state index in [1.54, 1.807) is 36.4 Å². The molecule has 0 radical (unpaired) electrons. The van der Waals surface area contributed by atoms with E-state index >= 15 is 0 Å². The summed E-state index contributed by atoms with van der Waals surface area (Å²) < 4.78 is 5.77. The Hall–Kier alpha value is -3.21. The highest BCUT2D eigenvalue weighted by Gasteiger charge is 2.59. The third-order valence-corrected chi connectivity index (χ3v) is 6.31. The molecule has 5 nitrogen and oxygen atoms in total. The minimum atomic E-state index is -0.264. The number of fused-ring (bicyclic) bond motifs is 5. The van der Waals surface area contributed by atoms with Gasteiger partial charge in [-0.25, -0.2) is 4.90 Å². The van der Waals surface area contributed by atoms with Crippen molar-refractivity contribution in [2.24, 2.45) is 23.7 Å². The average molecular weight is 387 g/mol. The lowest BCUT2D eigenvalue weighted by Gasteiger charge is -2.20. The van der Waals surface area contributed by atoms with Gasteiger partial charge in [0, 0.05) is 5.56 Å². The Balaban J connectivity index is 1.38. The van der Waals surface area contributed by atoms with E-state index in [1.165, 1.54) is 4.90 Å². The largest absolute Gasteiger partial charge is 0.483 e. The number of hydrogen-bond acceptors (Lipinski definition) is 4. The molecule has 2 amide bonds. The van der Waals surface area contributed by atoms with Crippen molar-refractivity contribution in [2.75, 3.05) is 11.5 Å². The minimum absolute atomic E-state index is 0.155. The highest BCUT2D eigenvalue weighted by molar-refractivity contribution is 6.23. The fourth-order valence-corrected chi connectivity index (χ4v) is 4.87. The number of rotatable bonds is 5. The number of ether oxygens (including phenoxy) is 1. The lowest BCUT2D eigenvalue weighted by atomic mass is 9.85. The third-order valence-electron chi connectivity index (χ3n) is 6.31. The zero-order valence-electron chi connectivity index (χ0n) is 16.1. The van der Waals surface area contributed by atoms with Gasteiger partial charge in [-0.2, -0.15) is 0 Å². The predicted molar refractivity (Wildman–Crippen MR) is 108 cm³/mol. The number of nitrogens with zero attached hydrogens (tertiary/aromatic N) is 1. The molecular formula is C24H21NO4. The van der Waals surface area contributed by atoms with E-state index in [1.807, 2.05) is 19.1 Å². The second-order valence-electron chi connectivity index (χ2n) is 8.06. The van der Waals surface area contributed by atoms with Crippen molar-refractivity contribution in [3.8, 4) is 5.75 Å². The molecule has 146 valence electrons. The van der Waals surface area contributed by atoms with Crippen molar-refractivity contribution in [3.63, 3.8) is 0 Å². The van der Waals surface area contributed by atoms with Gasteiger partial charge in [-0.05, 0) is 37.3 Å². The van der Waals surface area contributed by atoms with Crippen LogP contribution in [0.25, 0.3) is 0 Å². The molecule has 0 aromatic heterocycles. The molecule has 5 heteroatoms. The van der Waals surface area contributed by atoms with Crippen LogP contribution in [0.15, 0.2) is 60.7 Å². The molecule has 1 saturated carbocycles. The van der Waals surface area contributed by atoms with Crippen molar-refractivity contribution >= 4 is 23.3 Å². The van der Waals surface area contributed by atoms with Crippen LogP contribution in [-0.4, -0.2) is 24.2 Å². The third kappa shape index (κ3) is 2.80. The summed E-state index contributed by atoms with van der Waals surface area (Å²) in [5, 5.41) is 0. The maximum absolute atomic E-state index is 13.1. The lowest BCUT2D eigenvalue weighted by Crippen LogP contribution is -2.33. The molecule has 4 atom stereocenters. The van der Waals surface area contributed by atoms with Gasteiger partial charge < -0.3 is 4.74 Å². The number of anilines is 1. The molecule has 2 aromatic carbocycles. The molecule has 0 unspecified atom stereocenters. The van der Waals surface area contributed by atoms with E-state index in [4.69, 9.17) is 4.74 Å². The first kappa shape index (κ1) is 17.9. The first-order valence-electron chi connectivity index (χ1n) is 9.92. The second kappa shape index (κ2) is 6.69.